The topological polar surface area (TPSA) is 52.1 Å². The maximum absolute atomic E-state index is 5.40. The van der Waals surface area contributed by atoms with Crippen LogP contribution in [0.4, 0.5) is 0 Å². The lowest BCUT2D eigenvalue weighted by molar-refractivity contribution is 0.0376. The Bertz CT molecular complexity index is 387. The predicted molar refractivity (Wildman–Crippen MR) is 105 cm³/mol. The van der Waals surface area contributed by atoms with E-state index < -0.39 is 0 Å². The van der Waals surface area contributed by atoms with Crippen molar-refractivity contribution in [1.29, 1.82) is 0 Å². The first-order chi connectivity index (χ1) is 12.1. The number of piperidine rings is 1. The van der Waals surface area contributed by atoms with Crippen LogP contribution in [0, 0.1) is 0 Å². The van der Waals surface area contributed by atoms with Crippen molar-refractivity contribution in [2.75, 3.05) is 65.6 Å². The van der Waals surface area contributed by atoms with Crippen LogP contribution in [0.15, 0.2) is 4.99 Å². The fourth-order valence-corrected chi connectivity index (χ4v) is 3.55. The van der Waals surface area contributed by atoms with Crippen LogP contribution >= 0.6 is 0 Å². The molecule has 0 atom stereocenters. The van der Waals surface area contributed by atoms with Gasteiger partial charge in [-0.2, -0.15) is 0 Å². The Balaban J connectivity index is 1.72. The van der Waals surface area contributed by atoms with Gasteiger partial charge in [0.1, 0.15) is 0 Å². The van der Waals surface area contributed by atoms with E-state index in [9.17, 15) is 0 Å². The van der Waals surface area contributed by atoms with Crippen molar-refractivity contribution in [3.8, 4) is 0 Å². The molecule has 2 aliphatic rings. The van der Waals surface area contributed by atoms with Crippen LogP contribution in [-0.4, -0.2) is 86.9 Å². The minimum absolute atomic E-state index is 0.135. The number of rotatable bonds is 8. The van der Waals surface area contributed by atoms with Gasteiger partial charge in [-0.25, -0.2) is 0 Å². The summed E-state index contributed by atoms with van der Waals surface area (Å²) in [5.74, 6) is 0.953. The van der Waals surface area contributed by atoms with Crippen LogP contribution in [0.3, 0.4) is 0 Å². The molecule has 146 valence electrons. The molecular formula is C19H39N5O. The number of hydrogen-bond acceptors (Lipinski definition) is 4. The molecule has 2 heterocycles. The molecule has 0 saturated carbocycles. The second-order valence-corrected chi connectivity index (χ2v) is 7.79. The monoisotopic (exact) mass is 353 g/mol. The maximum atomic E-state index is 5.40. The van der Waals surface area contributed by atoms with Crippen LogP contribution in [0.25, 0.3) is 0 Å². The maximum Gasteiger partial charge on any atom is 0.191 e. The van der Waals surface area contributed by atoms with Crippen LogP contribution in [0.5, 0.6) is 0 Å². The van der Waals surface area contributed by atoms with Crippen LogP contribution < -0.4 is 10.6 Å². The highest BCUT2D eigenvalue weighted by atomic mass is 16.5. The summed E-state index contributed by atoms with van der Waals surface area (Å²) in [4.78, 5) is 9.94. The Kier molecular flexibility index (Phi) is 8.99. The summed E-state index contributed by atoms with van der Waals surface area (Å²) in [6, 6.07) is 0. The molecule has 2 aliphatic heterocycles. The van der Waals surface area contributed by atoms with Gasteiger partial charge in [-0.05, 0) is 59.7 Å². The number of nitrogens with zero attached hydrogens (tertiary/aromatic N) is 3. The Morgan fingerprint density at radius 2 is 1.76 bits per heavy atom. The summed E-state index contributed by atoms with van der Waals surface area (Å²) in [6.45, 7) is 16.9. The van der Waals surface area contributed by atoms with Gasteiger partial charge in [0.2, 0.25) is 0 Å². The Morgan fingerprint density at radius 3 is 2.44 bits per heavy atom. The van der Waals surface area contributed by atoms with Gasteiger partial charge < -0.3 is 15.4 Å². The lowest BCUT2D eigenvalue weighted by atomic mass is 9.99. The van der Waals surface area contributed by atoms with Gasteiger partial charge in [0.25, 0.3) is 0 Å². The molecule has 6 nitrogen and oxygen atoms in total. The summed E-state index contributed by atoms with van der Waals surface area (Å²) in [6.07, 6.45) is 5.17. The second kappa shape index (κ2) is 11.0. The first-order valence-electron chi connectivity index (χ1n) is 10.2. The predicted octanol–water partition coefficient (Wildman–Crippen LogP) is 1.53. The van der Waals surface area contributed by atoms with Gasteiger partial charge in [-0.15, -0.1) is 0 Å². The molecule has 2 fully saturated rings. The summed E-state index contributed by atoms with van der Waals surface area (Å²) in [5.41, 5.74) is 0.135. The number of ether oxygens (including phenoxy) is 1. The van der Waals surface area contributed by atoms with Gasteiger partial charge in [-0.1, -0.05) is 6.42 Å². The van der Waals surface area contributed by atoms with Gasteiger partial charge in [0, 0.05) is 31.7 Å². The molecular weight excluding hydrogens is 314 g/mol. The smallest absolute Gasteiger partial charge is 0.191 e. The van der Waals surface area contributed by atoms with Crippen LogP contribution in [0.1, 0.15) is 46.5 Å². The molecule has 0 aromatic heterocycles. The van der Waals surface area contributed by atoms with Gasteiger partial charge >= 0.3 is 0 Å². The summed E-state index contributed by atoms with van der Waals surface area (Å²) < 4.78 is 5.40. The van der Waals surface area contributed by atoms with Crippen molar-refractivity contribution in [1.82, 2.24) is 20.4 Å². The number of aliphatic imine (C=N–C) groups is 1. The molecule has 0 spiro atoms. The molecule has 6 heteroatoms. The normalized spacial score (nSPS) is 21.3. The molecule has 25 heavy (non-hydrogen) atoms. The number of hydrogen-bond donors (Lipinski definition) is 2. The third kappa shape index (κ3) is 7.50. The Morgan fingerprint density at radius 1 is 1.04 bits per heavy atom. The molecule has 0 aromatic carbocycles. The lowest BCUT2D eigenvalue weighted by Crippen LogP contribution is -2.49. The van der Waals surface area contributed by atoms with E-state index in [4.69, 9.17) is 9.73 Å². The zero-order valence-electron chi connectivity index (χ0n) is 16.6. The Labute approximate surface area is 154 Å². The van der Waals surface area contributed by atoms with Crippen molar-refractivity contribution in [3.63, 3.8) is 0 Å². The SMILES string of the molecule is CCNC(=NCC(C)(C)N1CCCCC1)NCCCN1CCOCC1. The van der Waals surface area contributed by atoms with E-state index in [1.54, 1.807) is 0 Å². The Hall–Kier alpha value is -0.850. The van der Waals surface area contributed by atoms with Crippen molar-refractivity contribution in [2.45, 2.75) is 52.0 Å². The first kappa shape index (κ1) is 20.5. The van der Waals surface area contributed by atoms with Gasteiger partial charge in [-0.3, -0.25) is 14.8 Å². The van der Waals surface area contributed by atoms with Crippen molar-refractivity contribution < 1.29 is 4.74 Å². The van der Waals surface area contributed by atoms with E-state index in [1.165, 1.54) is 32.4 Å². The minimum atomic E-state index is 0.135. The van der Waals surface area contributed by atoms with E-state index in [0.717, 1.165) is 64.9 Å². The molecule has 2 saturated heterocycles. The van der Waals surface area contributed by atoms with E-state index in [0.29, 0.717) is 0 Å². The summed E-state index contributed by atoms with van der Waals surface area (Å²) >= 11 is 0. The number of guanidine groups is 1. The number of likely N-dealkylation sites (tertiary alicyclic amines) is 1. The minimum Gasteiger partial charge on any atom is -0.379 e. The second-order valence-electron chi connectivity index (χ2n) is 7.79. The van der Waals surface area contributed by atoms with Crippen molar-refractivity contribution in [3.05, 3.63) is 0 Å². The van der Waals surface area contributed by atoms with Crippen molar-refractivity contribution >= 4 is 5.96 Å². The zero-order valence-corrected chi connectivity index (χ0v) is 16.6. The largest absolute Gasteiger partial charge is 0.379 e. The first-order valence-corrected chi connectivity index (χ1v) is 10.2. The molecule has 0 aromatic rings. The third-order valence-corrected chi connectivity index (χ3v) is 5.23. The quantitative estimate of drug-likeness (QED) is 0.394. The third-order valence-electron chi connectivity index (χ3n) is 5.23. The van der Waals surface area contributed by atoms with E-state index in [1.807, 2.05) is 0 Å². The highest BCUT2D eigenvalue weighted by Crippen LogP contribution is 2.20. The van der Waals surface area contributed by atoms with E-state index in [-0.39, 0.29) is 5.54 Å². The summed E-state index contributed by atoms with van der Waals surface area (Å²) in [5, 5.41) is 6.88. The molecule has 2 N–H and O–H groups in total. The molecule has 0 bridgehead atoms. The number of morpholine rings is 1. The number of nitrogens with one attached hydrogen (secondary N) is 2. The highest BCUT2D eigenvalue weighted by molar-refractivity contribution is 5.79. The molecule has 0 radical (unpaired) electrons. The highest BCUT2D eigenvalue weighted by Gasteiger charge is 2.27. The van der Waals surface area contributed by atoms with Crippen LogP contribution in [-0.2, 0) is 4.74 Å². The standard InChI is InChI=1S/C19H39N5O/c1-4-20-18(21-9-8-10-23-13-15-25-16-14-23)22-17-19(2,3)24-11-6-5-7-12-24/h4-17H2,1-3H3,(H2,20,21,22). The van der Waals surface area contributed by atoms with E-state index in [2.05, 4.69) is 41.2 Å². The van der Waals surface area contributed by atoms with Crippen LogP contribution in [0.2, 0.25) is 0 Å². The fourth-order valence-electron chi connectivity index (χ4n) is 3.55. The average Bonchev–Trinajstić information content (AvgIpc) is 2.65. The fraction of sp³-hybridized carbons (Fsp3) is 0.947. The van der Waals surface area contributed by atoms with Crippen molar-refractivity contribution in [2.24, 2.45) is 4.99 Å². The van der Waals surface area contributed by atoms with E-state index >= 15 is 0 Å². The molecule has 0 aliphatic carbocycles. The van der Waals surface area contributed by atoms with Gasteiger partial charge in [0.15, 0.2) is 5.96 Å². The molecule has 2 rings (SSSR count). The van der Waals surface area contributed by atoms with Gasteiger partial charge in [0.05, 0.1) is 19.8 Å². The molecule has 0 unspecified atom stereocenters. The lowest BCUT2D eigenvalue weighted by Gasteiger charge is -2.40. The molecule has 0 amide bonds. The average molecular weight is 354 g/mol. The zero-order chi connectivity index (χ0) is 18.0. The summed E-state index contributed by atoms with van der Waals surface area (Å²) in [7, 11) is 0.